The van der Waals surface area contributed by atoms with Gasteiger partial charge in [-0.15, -0.1) is 0 Å². The van der Waals surface area contributed by atoms with Crippen molar-refractivity contribution in [1.82, 2.24) is 4.90 Å². The van der Waals surface area contributed by atoms with Crippen LogP contribution in [-0.2, 0) is 0 Å². The Balaban J connectivity index is 5.15. The molecule has 6 heteroatoms. The van der Waals surface area contributed by atoms with Gasteiger partial charge in [-0.2, -0.15) is 0 Å². The van der Waals surface area contributed by atoms with E-state index in [0.717, 1.165) is 0 Å². The van der Waals surface area contributed by atoms with Crippen LogP contribution >= 0.6 is 11.6 Å². The lowest BCUT2D eigenvalue weighted by molar-refractivity contribution is 0.328. The summed E-state index contributed by atoms with van der Waals surface area (Å²) in [5.41, 5.74) is -0.0551. The maximum Gasteiger partial charge on any atom is 0.170 e. The van der Waals surface area contributed by atoms with Crippen LogP contribution in [0.3, 0.4) is 0 Å². The zero-order valence-electron chi connectivity index (χ0n) is 8.89. The molecule has 0 aromatic rings. The fourth-order valence-corrected chi connectivity index (χ4v) is 1.14. The summed E-state index contributed by atoms with van der Waals surface area (Å²) in [7, 11) is 4.71. The third kappa shape index (κ3) is 4.38. The molecular weight excluding hydrogens is 224 g/mol. The number of nitrogens with one attached hydrogen (secondary N) is 1. The summed E-state index contributed by atoms with van der Waals surface area (Å²) in [6.07, 6.45) is -0.416. The standard InChI is InChI=1S/C9H14ClF2N3/c1-14-8(7(12)4-11)6(9(10)13)5-15(2)3/h5,7,13H,4H2,1-3H3/b6-5+,13-9?,14-8?. The Morgan fingerprint density at radius 1 is 1.60 bits per heavy atom. The number of alkyl halides is 2. The molecule has 0 bridgehead atoms. The second kappa shape index (κ2) is 6.50. The molecular formula is C9H14ClF2N3. The van der Waals surface area contributed by atoms with Crippen molar-refractivity contribution in [2.24, 2.45) is 4.99 Å². The molecule has 1 N–H and O–H groups in total. The number of halogens is 3. The first-order chi connectivity index (χ1) is 6.93. The van der Waals surface area contributed by atoms with Gasteiger partial charge in [0.1, 0.15) is 11.8 Å². The number of aliphatic imine (C=N–C) groups is 1. The molecule has 0 heterocycles. The molecule has 0 amide bonds. The van der Waals surface area contributed by atoms with Crippen LogP contribution in [0, 0.1) is 5.41 Å². The number of hydrogen-bond donors (Lipinski definition) is 1. The Labute approximate surface area is 92.9 Å². The number of hydrogen-bond acceptors (Lipinski definition) is 3. The van der Waals surface area contributed by atoms with Crippen molar-refractivity contribution in [3.63, 3.8) is 0 Å². The lowest BCUT2D eigenvalue weighted by Gasteiger charge is -2.13. The minimum absolute atomic E-state index is 0.0920. The summed E-state index contributed by atoms with van der Waals surface area (Å²) in [5.74, 6) is 0. The van der Waals surface area contributed by atoms with E-state index in [2.05, 4.69) is 4.99 Å². The van der Waals surface area contributed by atoms with Gasteiger partial charge in [0, 0.05) is 27.3 Å². The molecule has 1 unspecified atom stereocenters. The van der Waals surface area contributed by atoms with Gasteiger partial charge in [-0.1, -0.05) is 11.6 Å². The maximum absolute atomic E-state index is 13.1. The van der Waals surface area contributed by atoms with E-state index in [0.29, 0.717) is 0 Å². The zero-order valence-corrected chi connectivity index (χ0v) is 9.65. The quantitative estimate of drug-likeness (QED) is 0.731. The summed E-state index contributed by atoms with van der Waals surface area (Å²) in [5, 5.41) is 6.89. The van der Waals surface area contributed by atoms with Crippen LogP contribution < -0.4 is 0 Å². The van der Waals surface area contributed by atoms with Crippen LogP contribution in [0.15, 0.2) is 16.8 Å². The van der Waals surface area contributed by atoms with Crippen LogP contribution in [0.4, 0.5) is 8.78 Å². The second-order valence-electron chi connectivity index (χ2n) is 3.05. The van der Waals surface area contributed by atoms with Crippen molar-refractivity contribution in [2.45, 2.75) is 6.17 Å². The molecule has 3 nitrogen and oxygen atoms in total. The monoisotopic (exact) mass is 237 g/mol. The Kier molecular flexibility index (Phi) is 6.08. The number of nitrogens with zero attached hydrogens (tertiary/aromatic N) is 2. The lowest BCUT2D eigenvalue weighted by atomic mass is 10.1. The third-order valence-electron chi connectivity index (χ3n) is 1.57. The van der Waals surface area contributed by atoms with E-state index in [4.69, 9.17) is 17.0 Å². The first-order valence-corrected chi connectivity index (χ1v) is 4.61. The highest BCUT2D eigenvalue weighted by Gasteiger charge is 2.21. The van der Waals surface area contributed by atoms with Crippen molar-refractivity contribution in [3.8, 4) is 0 Å². The molecule has 86 valence electrons. The Morgan fingerprint density at radius 3 is 2.40 bits per heavy atom. The number of rotatable bonds is 5. The molecule has 0 saturated heterocycles. The molecule has 15 heavy (non-hydrogen) atoms. The first-order valence-electron chi connectivity index (χ1n) is 4.23. The van der Waals surface area contributed by atoms with Crippen LogP contribution in [-0.4, -0.2) is 49.8 Å². The summed E-state index contributed by atoms with van der Waals surface area (Å²) in [6.45, 7) is -1.18. The van der Waals surface area contributed by atoms with Gasteiger partial charge >= 0.3 is 0 Å². The van der Waals surface area contributed by atoms with Crippen molar-refractivity contribution >= 4 is 22.5 Å². The van der Waals surface area contributed by atoms with E-state index in [9.17, 15) is 8.78 Å². The van der Waals surface area contributed by atoms with Gasteiger partial charge in [-0.3, -0.25) is 10.4 Å². The van der Waals surface area contributed by atoms with E-state index in [1.807, 2.05) is 0 Å². The van der Waals surface area contributed by atoms with Gasteiger partial charge in [0.25, 0.3) is 0 Å². The Morgan fingerprint density at radius 2 is 2.13 bits per heavy atom. The van der Waals surface area contributed by atoms with Gasteiger partial charge in [0.15, 0.2) is 6.17 Å². The predicted molar refractivity (Wildman–Crippen MR) is 59.6 cm³/mol. The summed E-state index contributed by atoms with van der Waals surface area (Å²) in [4.78, 5) is 5.20. The fraction of sp³-hybridized carbons (Fsp3) is 0.556. The van der Waals surface area contributed by atoms with Crippen molar-refractivity contribution in [3.05, 3.63) is 11.8 Å². The van der Waals surface area contributed by atoms with Gasteiger partial charge in [0.2, 0.25) is 0 Å². The summed E-state index contributed by atoms with van der Waals surface area (Å²) >= 11 is 5.48. The summed E-state index contributed by atoms with van der Waals surface area (Å²) < 4.78 is 25.3. The fourth-order valence-electron chi connectivity index (χ4n) is 0.996. The largest absolute Gasteiger partial charge is 0.383 e. The van der Waals surface area contributed by atoms with Gasteiger partial charge in [-0.05, 0) is 0 Å². The zero-order chi connectivity index (χ0) is 12.0. The Bertz CT molecular complexity index is 287. The van der Waals surface area contributed by atoms with E-state index in [1.54, 1.807) is 19.0 Å². The van der Waals surface area contributed by atoms with Crippen molar-refractivity contribution < 1.29 is 8.78 Å². The van der Waals surface area contributed by atoms with E-state index in [-0.39, 0.29) is 16.5 Å². The SMILES string of the molecule is CN=C(/C(=C\N(C)C)C(=N)Cl)C(F)CF. The summed E-state index contributed by atoms with van der Waals surface area (Å²) in [6, 6.07) is 0. The average molecular weight is 238 g/mol. The maximum atomic E-state index is 13.1. The molecule has 0 aromatic heterocycles. The molecule has 0 aliphatic carbocycles. The van der Waals surface area contributed by atoms with Crippen molar-refractivity contribution in [2.75, 3.05) is 27.8 Å². The second-order valence-corrected chi connectivity index (χ2v) is 3.43. The topological polar surface area (TPSA) is 39.5 Å². The molecule has 0 spiro atoms. The predicted octanol–water partition coefficient (Wildman–Crippen LogP) is 2.03. The molecule has 0 fully saturated rings. The Hall–Kier alpha value is -0.970. The van der Waals surface area contributed by atoms with Gasteiger partial charge in [-0.25, -0.2) is 8.78 Å². The molecule has 0 aromatic carbocycles. The van der Waals surface area contributed by atoms with Crippen LogP contribution in [0.5, 0.6) is 0 Å². The lowest BCUT2D eigenvalue weighted by Crippen LogP contribution is -2.24. The van der Waals surface area contributed by atoms with Crippen LogP contribution in [0.2, 0.25) is 0 Å². The van der Waals surface area contributed by atoms with Crippen LogP contribution in [0.1, 0.15) is 0 Å². The third-order valence-corrected chi connectivity index (χ3v) is 1.78. The van der Waals surface area contributed by atoms with E-state index in [1.165, 1.54) is 13.2 Å². The minimum Gasteiger partial charge on any atom is -0.383 e. The van der Waals surface area contributed by atoms with Crippen molar-refractivity contribution in [1.29, 1.82) is 5.41 Å². The molecule has 0 rings (SSSR count). The first kappa shape index (κ1) is 14.0. The van der Waals surface area contributed by atoms with E-state index >= 15 is 0 Å². The molecule has 0 aliphatic rings. The molecule has 0 aliphatic heterocycles. The van der Waals surface area contributed by atoms with E-state index < -0.39 is 12.8 Å². The highest BCUT2D eigenvalue weighted by molar-refractivity contribution is 6.71. The molecule has 0 saturated carbocycles. The van der Waals surface area contributed by atoms with Gasteiger partial charge in [0.05, 0.1) is 11.3 Å². The van der Waals surface area contributed by atoms with Gasteiger partial charge < -0.3 is 4.90 Å². The highest BCUT2D eigenvalue weighted by Crippen LogP contribution is 2.11. The average Bonchev–Trinajstić information content (AvgIpc) is 2.16. The molecule has 0 radical (unpaired) electrons. The molecule has 1 atom stereocenters. The normalized spacial score (nSPS) is 15.1. The smallest absolute Gasteiger partial charge is 0.170 e. The van der Waals surface area contributed by atoms with Crippen LogP contribution in [0.25, 0.3) is 0 Å². The minimum atomic E-state index is -1.85. The number of allylic oxidation sites excluding steroid dienone is 1. The highest BCUT2D eigenvalue weighted by atomic mass is 35.5.